The fourth-order valence-electron chi connectivity index (χ4n) is 1.85. The van der Waals surface area contributed by atoms with Crippen molar-refractivity contribution in [3.8, 4) is 5.75 Å². The van der Waals surface area contributed by atoms with Crippen LogP contribution in [0.15, 0.2) is 47.6 Å². The fraction of sp³-hybridized carbons (Fsp3) is 0.188. The number of aryl methyl sites for hydroxylation is 2. The second-order valence-corrected chi connectivity index (χ2v) is 4.58. The van der Waals surface area contributed by atoms with Gasteiger partial charge in [-0.1, -0.05) is 29.8 Å². The highest BCUT2D eigenvalue weighted by Crippen LogP contribution is 2.20. The van der Waals surface area contributed by atoms with Crippen LogP contribution in [0.5, 0.6) is 5.75 Å². The van der Waals surface area contributed by atoms with Crippen LogP contribution in [0.25, 0.3) is 0 Å². The molecule has 2 aromatic carbocycles. The number of nitrogens with two attached hydrogens (primary N) is 1. The van der Waals surface area contributed by atoms with Crippen LogP contribution in [0.3, 0.4) is 0 Å². The monoisotopic (exact) mass is 254 g/mol. The molecule has 0 spiro atoms. The van der Waals surface area contributed by atoms with Crippen LogP contribution in [-0.4, -0.2) is 6.21 Å². The standard InChI is InChI=1S/C16H18N2O/c1-12-3-5-14(6-4-12)11-19-16-8-7-15(10-18-17)9-13(16)2/h3-10H,11,17H2,1-2H3. The van der Waals surface area contributed by atoms with Crippen molar-refractivity contribution in [2.24, 2.45) is 10.9 Å². The van der Waals surface area contributed by atoms with Gasteiger partial charge in [0.2, 0.25) is 0 Å². The first-order chi connectivity index (χ1) is 9.19. The zero-order valence-corrected chi connectivity index (χ0v) is 11.3. The smallest absolute Gasteiger partial charge is 0.122 e. The summed E-state index contributed by atoms with van der Waals surface area (Å²) in [6.45, 7) is 4.66. The van der Waals surface area contributed by atoms with Gasteiger partial charge in [-0.3, -0.25) is 0 Å². The molecule has 3 nitrogen and oxygen atoms in total. The minimum Gasteiger partial charge on any atom is -0.489 e. The molecular formula is C16H18N2O. The van der Waals surface area contributed by atoms with Gasteiger partial charge in [0.05, 0.1) is 6.21 Å². The molecule has 0 heterocycles. The average Bonchev–Trinajstić information content (AvgIpc) is 2.40. The summed E-state index contributed by atoms with van der Waals surface area (Å²) in [5.41, 5.74) is 4.47. The summed E-state index contributed by atoms with van der Waals surface area (Å²) >= 11 is 0. The quantitative estimate of drug-likeness (QED) is 0.517. The summed E-state index contributed by atoms with van der Waals surface area (Å²) in [6, 6.07) is 14.2. The van der Waals surface area contributed by atoms with Crippen LogP contribution in [0.2, 0.25) is 0 Å². The first-order valence-electron chi connectivity index (χ1n) is 6.21. The van der Waals surface area contributed by atoms with Gasteiger partial charge in [-0.15, -0.1) is 0 Å². The molecule has 2 N–H and O–H groups in total. The van der Waals surface area contributed by atoms with Gasteiger partial charge in [-0.05, 0) is 48.7 Å². The van der Waals surface area contributed by atoms with Crippen molar-refractivity contribution >= 4 is 6.21 Å². The van der Waals surface area contributed by atoms with Crippen LogP contribution in [0.1, 0.15) is 22.3 Å². The predicted molar refractivity (Wildman–Crippen MR) is 78.5 cm³/mol. The van der Waals surface area contributed by atoms with E-state index in [1.807, 2.05) is 25.1 Å². The zero-order valence-electron chi connectivity index (χ0n) is 11.3. The molecule has 0 saturated carbocycles. The maximum Gasteiger partial charge on any atom is 0.122 e. The molecule has 0 amide bonds. The van der Waals surface area contributed by atoms with Gasteiger partial charge in [0.1, 0.15) is 12.4 Å². The SMILES string of the molecule is Cc1ccc(COc2ccc(C=NN)cc2C)cc1. The van der Waals surface area contributed by atoms with Crippen molar-refractivity contribution in [3.05, 3.63) is 64.7 Å². The second-order valence-electron chi connectivity index (χ2n) is 4.58. The van der Waals surface area contributed by atoms with E-state index in [1.54, 1.807) is 6.21 Å². The third kappa shape index (κ3) is 3.58. The minimum atomic E-state index is 0.575. The topological polar surface area (TPSA) is 47.6 Å². The highest BCUT2D eigenvalue weighted by molar-refractivity contribution is 5.80. The van der Waals surface area contributed by atoms with Crippen LogP contribution in [0, 0.1) is 13.8 Å². The summed E-state index contributed by atoms with van der Waals surface area (Å²) in [5.74, 6) is 6.02. The molecule has 19 heavy (non-hydrogen) atoms. The first kappa shape index (κ1) is 13.1. The Morgan fingerprint density at radius 3 is 2.47 bits per heavy atom. The van der Waals surface area contributed by atoms with Gasteiger partial charge < -0.3 is 10.6 Å². The lowest BCUT2D eigenvalue weighted by Gasteiger charge is -2.10. The van der Waals surface area contributed by atoms with Crippen LogP contribution < -0.4 is 10.6 Å². The van der Waals surface area contributed by atoms with E-state index in [0.717, 1.165) is 22.4 Å². The van der Waals surface area contributed by atoms with Crippen LogP contribution in [-0.2, 0) is 6.61 Å². The number of ether oxygens (including phenoxy) is 1. The fourth-order valence-corrected chi connectivity index (χ4v) is 1.85. The lowest BCUT2D eigenvalue weighted by atomic mass is 10.1. The highest BCUT2D eigenvalue weighted by atomic mass is 16.5. The van der Waals surface area contributed by atoms with E-state index in [4.69, 9.17) is 10.6 Å². The van der Waals surface area contributed by atoms with Gasteiger partial charge in [-0.2, -0.15) is 5.10 Å². The number of hydrogen-bond donors (Lipinski definition) is 1. The third-order valence-electron chi connectivity index (χ3n) is 2.94. The number of hydrazone groups is 1. The molecule has 2 rings (SSSR count). The Morgan fingerprint density at radius 2 is 1.84 bits per heavy atom. The molecule has 0 unspecified atom stereocenters. The molecule has 0 aliphatic rings. The van der Waals surface area contributed by atoms with E-state index in [0.29, 0.717) is 6.61 Å². The third-order valence-corrected chi connectivity index (χ3v) is 2.94. The molecule has 0 atom stereocenters. The van der Waals surface area contributed by atoms with Crippen LogP contribution >= 0.6 is 0 Å². The number of hydrogen-bond acceptors (Lipinski definition) is 3. The zero-order chi connectivity index (χ0) is 13.7. The van der Waals surface area contributed by atoms with Crippen molar-refractivity contribution in [1.82, 2.24) is 0 Å². The molecule has 2 aromatic rings. The van der Waals surface area contributed by atoms with Crippen LogP contribution in [0.4, 0.5) is 0 Å². The first-order valence-corrected chi connectivity index (χ1v) is 6.21. The van der Waals surface area contributed by atoms with E-state index < -0.39 is 0 Å². The lowest BCUT2D eigenvalue weighted by molar-refractivity contribution is 0.304. The Balaban J connectivity index is 2.05. The largest absolute Gasteiger partial charge is 0.489 e. The predicted octanol–water partition coefficient (Wildman–Crippen LogP) is 3.18. The van der Waals surface area contributed by atoms with E-state index in [9.17, 15) is 0 Å². The van der Waals surface area contributed by atoms with Crippen molar-refractivity contribution in [2.75, 3.05) is 0 Å². The summed E-state index contributed by atoms with van der Waals surface area (Å²) in [4.78, 5) is 0. The second kappa shape index (κ2) is 6.05. The Labute approximate surface area is 113 Å². The van der Waals surface area contributed by atoms with E-state index >= 15 is 0 Å². The molecular weight excluding hydrogens is 236 g/mol. The Kier molecular flexibility index (Phi) is 4.18. The summed E-state index contributed by atoms with van der Waals surface area (Å²) in [7, 11) is 0. The van der Waals surface area contributed by atoms with Crippen molar-refractivity contribution < 1.29 is 4.74 Å². The number of nitrogens with zero attached hydrogens (tertiary/aromatic N) is 1. The Morgan fingerprint density at radius 1 is 1.11 bits per heavy atom. The van der Waals surface area contributed by atoms with Gasteiger partial charge in [0, 0.05) is 0 Å². The molecule has 0 aliphatic heterocycles. The van der Waals surface area contributed by atoms with Crippen molar-refractivity contribution in [2.45, 2.75) is 20.5 Å². The summed E-state index contributed by atoms with van der Waals surface area (Å²) < 4.78 is 5.82. The van der Waals surface area contributed by atoms with E-state index in [2.05, 4.69) is 36.3 Å². The molecule has 0 bridgehead atoms. The molecule has 0 radical (unpaired) electrons. The van der Waals surface area contributed by atoms with E-state index in [1.165, 1.54) is 5.56 Å². The molecule has 0 aromatic heterocycles. The maximum atomic E-state index is 5.82. The maximum absolute atomic E-state index is 5.82. The van der Waals surface area contributed by atoms with Gasteiger partial charge >= 0.3 is 0 Å². The summed E-state index contributed by atoms with van der Waals surface area (Å²) in [5, 5.41) is 3.51. The van der Waals surface area contributed by atoms with Crippen molar-refractivity contribution in [3.63, 3.8) is 0 Å². The van der Waals surface area contributed by atoms with Gasteiger partial charge in [0.25, 0.3) is 0 Å². The van der Waals surface area contributed by atoms with Gasteiger partial charge in [-0.25, -0.2) is 0 Å². The average molecular weight is 254 g/mol. The Bertz CT molecular complexity index is 574. The molecule has 0 aliphatic carbocycles. The molecule has 98 valence electrons. The number of benzene rings is 2. The van der Waals surface area contributed by atoms with Gasteiger partial charge in [0.15, 0.2) is 0 Å². The normalized spacial score (nSPS) is 10.8. The molecule has 0 saturated heterocycles. The highest BCUT2D eigenvalue weighted by Gasteiger charge is 2.01. The van der Waals surface area contributed by atoms with Crippen molar-refractivity contribution in [1.29, 1.82) is 0 Å². The summed E-state index contributed by atoms with van der Waals surface area (Å²) in [6.07, 6.45) is 1.62. The molecule has 3 heteroatoms. The molecule has 0 fully saturated rings. The lowest BCUT2D eigenvalue weighted by Crippen LogP contribution is -1.98. The Hall–Kier alpha value is -2.29. The minimum absolute atomic E-state index is 0.575. The van der Waals surface area contributed by atoms with E-state index in [-0.39, 0.29) is 0 Å². The number of rotatable bonds is 4.